The third kappa shape index (κ3) is 5.17. The molecule has 0 radical (unpaired) electrons. The number of thioether (sulfide) groups is 1. The highest BCUT2D eigenvalue weighted by molar-refractivity contribution is 8.26. The van der Waals surface area contributed by atoms with Crippen LogP contribution in [0.25, 0.3) is 6.08 Å². The van der Waals surface area contributed by atoms with Gasteiger partial charge in [0.1, 0.15) is 4.32 Å². The summed E-state index contributed by atoms with van der Waals surface area (Å²) in [5, 5.41) is 0. The van der Waals surface area contributed by atoms with Gasteiger partial charge in [0.15, 0.2) is 0 Å². The Labute approximate surface area is 165 Å². The van der Waals surface area contributed by atoms with Crippen LogP contribution in [-0.4, -0.2) is 34.8 Å². The minimum atomic E-state index is -0.374. The van der Waals surface area contributed by atoms with E-state index >= 15 is 0 Å². The summed E-state index contributed by atoms with van der Waals surface area (Å²) in [5.41, 5.74) is 1.34. The molecule has 1 aromatic rings. The van der Waals surface area contributed by atoms with E-state index in [0.29, 0.717) is 27.3 Å². The molecular weight excluding hydrogens is 366 g/mol. The minimum Gasteiger partial charge on any atom is -0.465 e. The van der Waals surface area contributed by atoms with Crippen molar-refractivity contribution in [3.05, 3.63) is 40.3 Å². The van der Waals surface area contributed by atoms with E-state index < -0.39 is 0 Å². The van der Waals surface area contributed by atoms with Crippen LogP contribution in [0.2, 0.25) is 0 Å². The first-order chi connectivity index (χ1) is 12.5. The third-order valence-electron chi connectivity index (χ3n) is 4.49. The number of carbonyl (C=O) groups excluding carboxylic acids is 2. The van der Waals surface area contributed by atoms with E-state index in [1.807, 2.05) is 6.08 Å². The number of carbonyl (C=O) groups is 2. The molecule has 0 saturated carbocycles. The van der Waals surface area contributed by atoms with Crippen molar-refractivity contribution < 1.29 is 14.3 Å². The molecule has 6 heteroatoms. The molecule has 4 nitrogen and oxygen atoms in total. The number of hydrogen-bond donors (Lipinski definition) is 0. The number of hydrogen-bond acceptors (Lipinski definition) is 5. The number of nitrogens with zero attached hydrogens (tertiary/aromatic N) is 1. The average Bonchev–Trinajstić information content (AvgIpc) is 2.92. The van der Waals surface area contributed by atoms with Crippen molar-refractivity contribution in [2.75, 3.05) is 13.7 Å². The molecule has 1 amide bonds. The van der Waals surface area contributed by atoms with Crippen LogP contribution in [-0.2, 0) is 9.53 Å². The van der Waals surface area contributed by atoms with Crippen LogP contribution < -0.4 is 0 Å². The van der Waals surface area contributed by atoms with Gasteiger partial charge in [0.05, 0.1) is 17.6 Å². The standard InChI is InChI=1S/C20H25NO3S2/c1-4-6-7-14(5-2)13-21-18(22)17(26-20(21)25)12-15-8-10-16(11-9-15)19(23)24-3/h8-12,14H,4-7,13H2,1-3H3. The quantitative estimate of drug-likeness (QED) is 0.359. The number of esters is 1. The fourth-order valence-electron chi connectivity index (χ4n) is 2.82. The molecule has 1 fully saturated rings. The maximum Gasteiger partial charge on any atom is 0.337 e. The molecule has 2 rings (SSSR count). The molecular formula is C20H25NO3S2. The van der Waals surface area contributed by atoms with Gasteiger partial charge in [-0.2, -0.15) is 0 Å². The van der Waals surface area contributed by atoms with Crippen molar-refractivity contribution in [1.82, 2.24) is 4.90 Å². The molecule has 1 aliphatic heterocycles. The van der Waals surface area contributed by atoms with E-state index in [-0.39, 0.29) is 11.9 Å². The number of unbranched alkanes of at least 4 members (excludes halogenated alkanes) is 1. The van der Waals surface area contributed by atoms with Crippen LogP contribution in [0.1, 0.15) is 55.5 Å². The maximum absolute atomic E-state index is 12.7. The summed E-state index contributed by atoms with van der Waals surface area (Å²) in [4.78, 5) is 26.6. The second-order valence-electron chi connectivity index (χ2n) is 6.32. The molecule has 1 unspecified atom stereocenters. The first kappa shape index (κ1) is 20.6. The predicted octanol–water partition coefficient (Wildman–Crippen LogP) is 4.89. The Morgan fingerprint density at radius 1 is 1.31 bits per heavy atom. The lowest BCUT2D eigenvalue weighted by Gasteiger charge is -2.21. The van der Waals surface area contributed by atoms with Gasteiger partial charge in [-0.15, -0.1) is 0 Å². The van der Waals surface area contributed by atoms with E-state index in [0.717, 1.165) is 24.8 Å². The lowest BCUT2D eigenvalue weighted by molar-refractivity contribution is -0.122. The average molecular weight is 392 g/mol. The fraction of sp³-hybridized carbons (Fsp3) is 0.450. The number of rotatable bonds is 8. The van der Waals surface area contributed by atoms with Crippen LogP contribution in [0.3, 0.4) is 0 Å². The zero-order valence-electron chi connectivity index (χ0n) is 15.5. The van der Waals surface area contributed by atoms with Gasteiger partial charge in [0, 0.05) is 6.54 Å². The summed E-state index contributed by atoms with van der Waals surface area (Å²) in [6, 6.07) is 6.98. The number of benzene rings is 1. The molecule has 140 valence electrons. The summed E-state index contributed by atoms with van der Waals surface area (Å²) in [5.74, 6) is 0.0868. The van der Waals surface area contributed by atoms with Crippen molar-refractivity contribution in [2.45, 2.75) is 39.5 Å². The van der Waals surface area contributed by atoms with Gasteiger partial charge in [-0.1, -0.05) is 69.2 Å². The summed E-state index contributed by atoms with van der Waals surface area (Å²) >= 11 is 6.77. The van der Waals surface area contributed by atoms with Gasteiger partial charge in [-0.3, -0.25) is 9.69 Å². The SMILES string of the molecule is CCCCC(CC)CN1C(=O)C(=Cc2ccc(C(=O)OC)cc2)SC1=S. The molecule has 0 aliphatic carbocycles. The summed E-state index contributed by atoms with van der Waals surface area (Å²) in [7, 11) is 1.35. The van der Waals surface area contributed by atoms with Gasteiger partial charge in [-0.25, -0.2) is 4.79 Å². The largest absolute Gasteiger partial charge is 0.465 e. The highest BCUT2D eigenvalue weighted by atomic mass is 32.2. The van der Waals surface area contributed by atoms with E-state index in [1.54, 1.807) is 29.2 Å². The van der Waals surface area contributed by atoms with Gasteiger partial charge in [-0.05, 0) is 36.1 Å². The van der Waals surface area contributed by atoms with Crippen LogP contribution in [0.15, 0.2) is 29.2 Å². The van der Waals surface area contributed by atoms with E-state index in [2.05, 4.69) is 13.8 Å². The van der Waals surface area contributed by atoms with Crippen LogP contribution >= 0.6 is 24.0 Å². The highest BCUT2D eigenvalue weighted by Gasteiger charge is 2.33. The Morgan fingerprint density at radius 2 is 2.00 bits per heavy atom. The molecule has 26 heavy (non-hydrogen) atoms. The molecule has 1 saturated heterocycles. The molecule has 0 N–H and O–H groups in total. The first-order valence-electron chi connectivity index (χ1n) is 8.93. The topological polar surface area (TPSA) is 46.6 Å². The Hall–Kier alpha value is -1.66. The molecule has 1 atom stereocenters. The summed E-state index contributed by atoms with van der Waals surface area (Å²) < 4.78 is 5.32. The first-order valence-corrected chi connectivity index (χ1v) is 10.2. The van der Waals surface area contributed by atoms with Crippen molar-refractivity contribution in [1.29, 1.82) is 0 Å². The maximum atomic E-state index is 12.7. The Bertz CT molecular complexity index is 698. The van der Waals surface area contributed by atoms with Gasteiger partial charge in [0.2, 0.25) is 0 Å². The Balaban J connectivity index is 2.09. The lowest BCUT2D eigenvalue weighted by Crippen LogP contribution is -2.33. The van der Waals surface area contributed by atoms with Gasteiger partial charge >= 0.3 is 5.97 Å². The number of thiocarbonyl (C=S) groups is 1. The van der Waals surface area contributed by atoms with Gasteiger partial charge in [0.25, 0.3) is 5.91 Å². The molecule has 1 heterocycles. The van der Waals surface area contributed by atoms with Crippen LogP contribution in [0, 0.1) is 5.92 Å². The molecule has 0 aromatic heterocycles. The van der Waals surface area contributed by atoms with E-state index in [9.17, 15) is 9.59 Å². The number of amides is 1. The monoisotopic (exact) mass is 391 g/mol. The minimum absolute atomic E-state index is 0.0213. The van der Waals surface area contributed by atoms with E-state index in [1.165, 1.54) is 25.3 Å². The normalized spacial score (nSPS) is 17.0. The zero-order chi connectivity index (χ0) is 19.1. The summed E-state index contributed by atoms with van der Waals surface area (Å²) in [6.45, 7) is 5.04. The van der Waals surface area contributed by atoms with E-state index in [4.69, 9.17) is 17.0 Å². The van der Waals surface area contributed by atoms with Crippen molar-refractivity contribution in [3.63, 3.8) is 0 Å². The highest BCUT2D eigenvalue weighted by Crippen LogP contribution is 2.33. The summed E-state index contributed by atoms with van der Waals surface area (Å²) in [6.07, 6.45) is 6.34. The molecule has 1 aromatic carbocycles. The predicted molar refractivity (Wildman–Crippen MR) is 111 cm³/mol. The fourth-order valence-corrected chi connectivity index (χ4v) is 4.09. The van der Waals surface area contributed by atoms with Crippen LogP contribution in [0.4, 0.5) is 0 Å². The Morgan fingerprint density at radius 3 is 2.58 bits per heavy atom. The number of methoxy groups -OCH3 is 1. The second-order valence-corrected chi connectivity index (χ2v) is 8.00. The third-order valence-corrected chi connectivity index (χ3v) is 5.86. The van der Waals surface area contributed by atoms with Crippen molar-refractivity contribution >= 4 is 46.3 Å². The van der Waals surface area contributed by atoms with Crippen molar-refractivity contribution in [3.8, 4) is 0 Å². The Kier molecular flexibility index (Phi) is 7.85. The number of ether oxygens (including phenoxy) is 1. The molecule has 0 spiro atoms. The lowest BCUT2D eigenvalue weighted by atomic mass is 9.99. The second kappa shape index (κ2) is 9.88. The zero-order valence-corrected chi connectivity index (χ0v) is 17.1. The van der Waals surface area contributed by atoms with Crippen molar-refractivity contribution in [2.24, 2.45) is 5.92 Å². The smallest absolute Gasteiger partial charge is 0.337 e. The van der Waals surface area contributed by atoms with Gasteiger partial charge < -0.3 is 4.74 Å². The molecule has 0 bridgehead atoms. The molecule has 1 aliphatic rings. The van der Waals surface area contributed by atoms with Crippen LogP contribution in [0.5, 0.6) is 0 Å².